The molecule has 0 spiro atoms. The number of carboxylic acid groups (broad SMARTS) is 1. The maximum Gasteiger partial charge on any atom is 0.384 e. The lowest BCUT2D eigenvalue weighted by Gasteiger charge is -2.39. The van der Waals surface area contributed by atoms with Gasteiger partial charge in [0.15, 0.2) is 0 Å². The lowest BCUT2D eigenvalue weighted by atomic mass is 9.74. The van der Waals surface area contributed by atoms with E-state index in [1.807, 2.05) is 0 Å². The van der Waals surface area contributed by atoms with Crippen LogP contribution in [0.5, 0.6) is 0 Å². The van der Waals surface area contributed by atoms with E-state index < -0.39 is 110 Å². The van der Waals surface area contributed by atoms with E-state index in [1.165, 1.54) is 6.92 Å². The van der Waals surface area contributed by atoms with Crippen LogP contribution in [-0.2, 0) is 23.9 Å². The number of aliphatic hydroxyl groups excluding tert-OH is 1. The van der Waals surface area contributed by atoms with E-state index in [0.717, 1.165) is 13.8 Å². The van der Waals surface area contributed by atoms with Crippen molar-refractivity contribution in [2.45, 2.75) is 82.5 Å². The van der Waals surface area contributed by atoms with Crippen LogP contribution in [0.4, 0.5) is 52.7 Å². The topological polar surface area (TPSA) is 110 Å². The molecule has 0 fully saturated rings. The number of alkyl halides is 12. The number of hydrogen-bond donors (Lipinski definition) is 2. The molecule has 0 aromatic carbocycles. The molecule has 19 heteroatoms. The molecule has 0 radical (unpaired) electrons. The van der Waals surface area contributed by atoms with Gasteiger partial charge in [0.2, 0.25) is 0 Å². The average Bonchev–Trinajstić information content (AvgIpc) is 2.84. The molecule has 2 N–H and O–H groups in total. The van der Waals surface area contributed by atoms with E-state index in [4.69, 9.17) is 9.84 Å². The number of halogens is 12. The van der Waals surface area contributed by atoms with Gasteiger partial charge in [0.1, 0.15) is 6.61 Å². The van der Waals surface area contributed by atoms with Gasteiger partial charge in [0.25, 0.3) is 0 Å². The smallest absolute Gasteiger partial charge is 0.384 e. The van der Waals surface area contributed by atoms with Crippen molar-refractivity contribution in [1.82, 2.24) is 0 Å². The van der Waals surface area contributed by atoms with Gasteiger partial charge in [-0.05, 0) is 26.2 Å². The molecule has 0 heterocycles. The molecule has 0 saturated carbocycles. The quantitative estimate of drug-likeness (QED) is 0.153. The highest BCUT2D eigenvalue weighted by Crippen LogP contribution is 2.58. The molecule has 0 aliphatic carbocycles. The van der Waals surface area contributed by atoms with Gasteiger partial charge in [-0.1, -0.05) is 13.8 Å². The minimum Gasteiger partial charge on any atom is -0.481 e. The number of carbonyl (C=O) groups excluding carboxylic acids is 2. The highest BCUT2D eigenvalue weighted by Gasteiger charge is 2.87. The Kier molecular flexibility index (Phi) is 12.8. The largest absolute Gasteiger partial charge is 0.481 e. The molecular weight excluding hydrogens is 604 g/mol. The molecule has 242 valence electrons. The zero-order valence-corrected chi connectivity index (χ0v) is 21.7. The Labute approximate surface area is 225 Å². The summed E-state index contributed by atoms with van der Waals surface area (Å²) < 4.78 is 168. The van der Waals surface area contributed by atoms with Crippen molar-refractivity contribution in [3.05, 3.63) is 0 Å². The Morgan fingerprint density at radius 3 is 1.73 bits per heavy atom. The molecule has 0 aromatic rings. The number of hydrogen-bond acceptors (Lipinski definition) is 6. The fourth-order valence-electron chi connectivity index (χ4n) is 3.62. The van der Waals surface area contributed by atoms with Crippen LogP contribution in [0.3, 0.4) is 0 Å². The van der Waals surface area contributed by atoms with E-state index >= 15 is 0 Å². The molecule has 7 nitrogen and oxygen atoms in total. The van der Waals surface area contributed by atoms with Crippen molar-refractivity contribution in [1.29, 1.82) is 0 Å². The number of carboxylic acids is 1. The molecule has 0 rings (SSSR count). The lowest BCUT2D eigenvalue weighted by molar-refractivity contribution is -0.413. The summed E-state index contributed by atoms with van der Waals surface area (Å²) >= 11 is 0. The summed E-state index contributed by atoms with van der Waals surface area (Å²) in [6.45, 7) is 0.521. The van der Waals surface area contributed by atoms with Crippen molar-refractivity contribution in [3.8, 4) is 0 Å². The second-order valence-corrected chi connectivity index (χ2v) is 9.44. The molecule has 3 unspecified atom stereocenters. The fourth-order valence-corrected chi connectivity index (χ4v) is 3.62. The first-order valence-electron chi connectivity index (χ1n) is 11.6. The number of carbonyl (C=O) groups is 3. The molecule has 0 amide bonds. The van der Waals surface area contributed by atoms with Crippen LogP contribution in [0.2, 0.25) is 0 Å². The van der Waals surface area contributed by atoms with Crippen LogP contribution in [0.1, 0.15) is 46.5 Å². The molecular formula is C22H28F12O7. The summed E-state index contributed by atoms with van der Waals surface area (Å²) in [7, 11) is 0. The molecule has 0 aliphatic rings. The molecule has 41 heavy (non-hydrogen) atoms. The highest BCUT2D eigenvalue weighted by atomic mass is 19.4. The van der Waals surface area contributed by atoms with Gasteiger partial charge in [-0.3, -0.25) is 14.4 Å². The first kappa shape index (κ1) is 38.5. The Balaban J connectivity index is 5.72. The van der Waals surface area contributed by atoms with Gasteiger partial charge in [-0.15, -0.1) is 0 Å². The highest BCUT2D eigenvalue weighted by molar-refractivity contribution is 5.80. The predicted molar refractivity (Wildman–Crippen MR) is 112 cm³/mol. The van der Waals surface area contributed by atoms with Crippen LogP contribution >= 0.6 is 0 Å². The third-order valence-electron chi connectivity index (χ3n) is 6.12. The maximum atomic E-state index is 13.9. The van der Waals surface area contributed by atoms with Crippen LogP contribution in [0.15, 0.2) is 0 Å². The summed E-state index contributed by atoms with van der Waals surface area (Å²) in [5.74, 6) is -42.8. The zero-order valence-electron chi connectivity index (χ0n) is 21.7. The summed E-state index contributed by atoms with van der Waals surface area (Å²) in [4.78, 5) is 36.1. The van der Waals surface area contributed by atoms with Crippen molar-refractivity contribution < 1.29 is 86.8 Å². The van der Waals surface area contributed by atoms with Gasteiger partial charge in [0, 0.05) is 0 Å². The van der Waals surface area contributed by atoms with Gasteiger partial charge in [-0.25, -0.2) is 8.78 Å². The number of aliphatic hydroxyl groups is 1. The summed E-state index contributed by atoms with van der Waals surface area (Å²) in [5.41, 5.74) is -1.78. The average molecular weight is 632 g/mol. The summed E-state index contributed by atoms with van der Waals surface area (Å²) in [5, 5.41) is 18.1. The molecule has 0 saturated heterocycles. The number of aliphatic carboxylic acids is 1. The van der Waals surface area contributed by atoms with Crippen molar-refractivity contribution >= 4 is 17.9 Å². The molecule has 3 atom stereocenters. The third kappa shape index (κ3) is 8.09. The fraction of sp³-hybridized carbons (Fsp3) is 0.864. The zero-order chi connectivity index (χ0) is 32.8. The van der Waals surface area contributed by atoms with Crippen LogP contribution in [-0.4, -0.2) is 84.0 Å². The van der Waals surface area contributed by atoms with Gasteiger partial charge < -0.3 is 19.7 Å². The number of esters is 2. The monoisotopic (exact) mass is 632 g/mol. The van der Waals surface area contributed by atoms with Gasteiger partial charge >= 0.3 is 53.9 Å². The SMILES string of the molecule is CCC(CC(C)(CC(C)C(=O)OCCC(F)(F)C(F)(F)C(F)(F)C(F)(F)C(F)(F)C(F)F)C(=O)OCCO)C(=O)O. The first-order chi connectivity index (χ1) is 18.3. The summed E-state index contributed by atoms with van der Waals surface area (Å²) in [6.07, 6.45) is -9.36. The van der Waals surface area contributed by atoms with Crippen molar-refractivity contribution in [3.63, 3.8) is 0 Å². The third-order valence-corrected chi connectivity index (χ3v) is 6.12. The van der Waals surface area contributed by atoms with Crippen LogP contribution in [0, 0.1) is 17.3 Å². The Morgan fingerprint density at radius 2 is 1.32 bits per heavy atom. The van der Waals surface area contributed by atoms with E-state index in [1.54, 1.807) is 0 Å². The molecule has 0 aliphatic heterocycles. The minimum absolute atomic E-state index is 0.00670. The standard InChI is InChI=1S/C22H28F12O7/c1-4-12(13(36)37)10-17(3,16(39)41-8-6-35)9-11(2)14(38)40-7-5-18(25,26)20(29,30)22(33,34)21(31,32)19(27,28)15(23)24/h11-12,15,35H,4-10H2,1-3H3,(H,36,37). The van der Waals surface area contributed by atoms with Crippen LogP contribution < -0.4 is 0 Å². The second kappa shape index (κ2) is 13.7. The molecule has 0 bridgehead atoms. The van der Waals surface area contributed by atoms with Gasteiger partial charge in [-0.2, -0.15) is 43.9 Å². The van der Waals surface area contributed by atoms with E-state index in [0.29, 0.717) is 0 Å². The van der Waals surface area contributed by atoms with Crippen LogP contribution in [0.25, 0.3) is 0 Å². The first-order valence-corrected chi connectivity index (χ1v) is 11.6. The Bertz CT molecular complexity index is 913. The van der Waals surface area contributed by atoms with Crippen molar-refractivity contribution in [2.24, 2.45) is 17.3 Å². The maximum absolute atomic E-state index is 13.9. The van der Waals surface area contributed by atoms with E-state index in [-0.39, 0.29) is 6.42 Å². The lowest BCUT2D eigenvalue weighted by Crippen LogP contribution is -2.68. The van der Waals surface area contributed by atoms with E-state index in [9.17, 15) is 72.2 Å². The Morgan fingerprint density at radius 1 is 0.805 bits per heavy atom. The van der Waals surface area contributed by atoms with Gasteiger partial charge in [0.05, 0.1) is 36.9 Å². The minimum atomic E-state index is -7.71. The number of rotatable bonds is 18. The predicted octanol–water partition coefficient (Wildman–Crippen LogP) is 5.43. The normalized spacial score (nSPS) is 16.6. The van der Waals surface area contributed by atoms with Crippen molar-refractivity contribution in [2.75, 3.05) is 19.8 Å². The van der Waals surface area contributed by atoms with E-state index in [2.05, 4.69) is 4.74 Å². The Hall–Kier alpha value is -2.47. The summed E-state index contributed by atoms with van der Waals surface area (Å²) in [6, 6.07) is 0. The second-order valence-electron chi connectivity index (χ2n) is 9.44. The number of ether oxygens (including phenoxy) is 2. The molecule has 0 aromatic heterocycles.